The summed E-state index contributed by atoms with van der Waals surface area (Å²) in [7, 11) is 0. The maximum Gasteiger partial charge on any atom is 0.264 e. The van der Waals surface area contributed by atoms with Gasteiger partial charge in [-0.15, -0.1) is 0 Å². The van der Waals surface area contributed by atoms with Gasteiger partial charge in [0.1, 0.15) is 17.4 Å². The van der Waals surface area contributed by atoms with Crippen molar-refractivity contribution in [3.63, 3.8) is 0 Å². The first-order chi connectivity index (χ1) is 10.4. The molecule has 0 unspecified atom stereocenters. The number of aryl methyl sites for hydroxylation is 1. The number of nitrogens with zero attached hydrogens (tertiary/aromatic N) is 2. The smallest absolute Gasteiger partial charge is 0.264 e. The van der Waals surface area contributed by atoms with Crippen molar-refractivity contribution >= 4 is 28.2 Å². The maximum atomic E-state index is 13.4. The number of Topliss-reactive ketones (excluding diaryl/α,β-unsaturated/α-hetero) is 2. The molecule has 1 atom stereocenters. The van der Waals surface area contributed by atoms with E-state index in [2.05, 4.69) is 4.98 Å². The van der Waals surface area contributed by atoms with Crippen molar-refractivity contribution in [2.24, 2.45) is 0 Å². The summed E-state index contributed by atoms with van der Waals surface area (Å²) in [4.78, 5) is 40.3. The minimum Gasteiger partial charge on any atom is -0.398 e. The molecule has 1 aliphatic carbocycles. The van der Waals surface area contributed by atoms with Crippen molar-refractivity contribution in [2.45, 2.75) is 32.2 Å². The molecule has 0 spiro atoms. The fourth-order valence-electron chi connectivity index (χ4n) is 2.93. The van der Waals surface area contributed by atoms with Crippen molar-refractivity contribution in [2.75, 3.05) is 5.73 Å². The Kier molecular flexibility index (Phi) is 3.27. The minimum absolute atomic E-state index is 0.0133. The van der Waals surface area contributed by atoms with E-state index in [1.54, 1.807) is 6.92 Å². The molecule has 0 amide bonds. The number of ketones is 2. The van der Waals surface area contributed by atoms with Gasteiger partial charge in [-0.05, 0) is 19.4 Å². The Labute approximate surface area is 124 Å². The van der Waals surface area contributed by atoms with Gasteiger partial charge in [-0.3, -0.25) is 19.0 Å². The van der Waals surface area contributed by atoms with Crippen LogP contribution in [0, 0.1) is 12.7 Å². The first-order valence-corrected chi connectivity index (χ1v) is 6.90. The van der Waals surface area contributed by atoms with E-state index in [9.17, 15) is 18.8 Å². The maximum absolute atomic E-state index is 13.4. The first kappa shape index (κ1) is 14.4. The van der Waals surface area contributed by atoms with Gasteiger partial charge in [-0.2, -0.15) is 0 Å². The van der Waals surface area contributed by atoms with Crippen molar-refractivity contribution in [3.8, 4) is 0 Å². The van der Waals surface area contributed by atoms with Crippen LogP contribution in [-0.2, 0) is 9.59 Å². The van der Waals surface area contributed by atoms with Crippen LogP contribution in [0.4, 0.5) is 10.1 Å². The number of aromatic nitrogens is 2. The molecule has 7 heteroatoms. The monoisotopic (exact) mass is 303 g/mol. The highest BCUT2D eigenvalue weighted by Crippen LogP contribution is 2.25. The van der Waals surface area contributed by atoms with Crippen LogP contribution in [0.5, 0.6) is 0 Å². The number of hydrogen-bond acceptors (Lipinski definition) is 5. The molecule has 114 valence electrons. The third kappa shape index (κ3) is 2.18. The molecule has 1 fully saturated rings. The lowest BCUT2D eigenvalue weighted by atomic mass is 9.92. The molecule has 6 nitrogen and oxygen atoms in total. The van der Waals surface area contributed by atoms with Gasteiger partial charge in [-0.25, -0.2) is 9.37 Å². The van der Waals surface area contributed by atoms with Gasteiger partial charge in [0.15, 0.2) is 5.78 Å². The summed E-state index contributed by atoms with van der Waals surface area (Å²) in [5.74, 6) is -0.700. The fraction of sp³-hybridized carbons (Fsp3) is 0.333. The molecule has 1 aromatic carbocycles. The number of nitrogens with two attached hydrogens (primary N) is 1. The van der Waals surface area contributed by atoms with Gasteiger partial charge in [-0.1, -0.05) is 0 Å². The number of nitrogen functional groups attached to an aromatic ring is 1. The first-order valence-electron chi connectivity index (χ1n) is 6.90. The summed E-state index contributed by atoms with van der Waals surface area (Å²) >= 11 is 0. The van der Waals surface area contributed by atoms with E-state index in [-0.39, 0.29) is 47.4 Å². The zero-order valence-electron chi connectivity index (χ0n) is 11.9. The highest BCUT2D eigenvalue weighted by Gasteiger charge is 2.30. The number of halogens is 1. The number of anilines is 1. The molecule has 22 heavy (non-hydrogen) atoms. The van der Waals surface area contributed by atoms with Gasteiger partial charge in [0.2, 0.25) is 0 Å². The van der Waals surface area contributed by atoms with Crippen LogP contribution in [0.3, 0.4) is 0 Å². The standard InChI is InChI=1S/C15H14FN3O3/c1-7-18-11-5-8(16)4-10(17)14(11)15(22)19(7)12-3-2-9(20)6-13(12)21/h4-5,12H,2-3,6,17H2,1H3/t12-/m1/s1. The lowest BCUT2D eigenvalue weighted by Crippen LogP contribution is -2.36. The largest absolute Gasteiger partial charge is 0.398 e. The summed E-state index contributed by atoms with van der Waals surface area (Å²) in [5, 5.41) is 0.0942. The molecule has 1 heterocycles. The number of hydrogen-bond donors (Lipinski definition) is 1. The van der Waals surface area contributed by atoms with Gasteiger partial charge < -0.3 is 5.73 Å². The Morgan fingerprint density at radius 1 is 1.32 bits per heavy atom. The van der Waals surface area contributed by atoms with Crippen molar-refractivity contribution < 1.29 is 14.0 Å². The lowest BCUT2D eigenvalue weighted by molar-refractivity contribution is -0.132. The Balaban J connectivity index is 2.25. The average molecular weight is 303 g/mol. The zero-order chi connectivity index (χ0) is 16.0. The van der Waals surface area contributed by atoms with E-state index in [1.165, 1.54) is 4.57 Å². The molecular weight excluding hydrogens is 289 g/mol. The SMILES string of the molecule is Cc1nc2cc(F)cc(N)c2c(=O)n1[C@@H]1CCC(=O)CC1=O. The second-order valence-corrected chi connectivity index (χ2v) is 5.46. The fourth-order valence-corrected chi connectivity index (χ4v) is 2.93. The van der Waals surface area contributed by atoms with Crippen molar-refractivity contribution in [1.29, 1.82) is 0 Å². The summed E-state index contributed by atoms with van der Waals surface area (Å²) in [5.41, 5.74) is 5.40. The van der Waals surface area contributed by atoms with E-state index in [0.29, 0.717) is 5.82 Å². The topological polar surface area (TPSA) is 95.0 Å². The number of benzene rings is 1. The molecular formula is C15H14FN3O3. The van der Waals surface area contributed by atoms with Crippen molar-refractivity contribution in [1.82, 2.24) is 9.55 Å². The lowest BCUT2D eigenvalue weighted by Gasteiger charge is -2.24. The third-order valence-corrected chi connectivity index (χ3v) is 3.93. The van der Waals surface area contributed by atoms with Gasteiger partial charge in [0.25, 0.3) is 5.56 Å². The van der Waals surface area contributed by atoms with Gasteiger partial charge >= 0.3 is 0 Å². The highest BCUT2D eigenvalue weighted by atomic mass is 19.1. The minimum atomic E-state index is -0.716. The predicted molar refractivity (Wildman–Crippen MR) is 78.0 cm³/mol. The Hall–Kier alpha value is -2.57. The Morgan fingerprint density at radius 3 is 2.73 bits per heavy atom. The van der Waals surface area contributed by atoms with E-state index in [1.807, 2.05) is 0 Å². The molecule has 3 rings (SSSR count). The molecule has 1 saturated carbocycles. The quantitative estimate of drug-likeness (QED) is 0.632. The summed E-state index contributed by atoms with van der Waals surface area (Å²) < 4.78 is 14.7. The van der Waals surface area contributed by atoms with Crippen LogP contribution in [0.2, 0.25) is 0 Å². The van der Waals surface area contributed by atoms with Crippen molar-refractivity contribution in [3.05, 3.63) is 34.1 Å². The van der Waals surface area contributed by atoms with E-state index < -0.39 is 17.4 Å². The van der Waals surface area contributed by atoms with E-state index >= 15 is 0 Å². The van der Waals surface area contributed by atoms with Crippen LogP contribution < -0.4 is 11.3 Å². The molecule has 1 aliphatic rings. The average Bonchev–Trinajstić information content (AvgIpc) is 2.39. The number of carbonyl (C=O) groups is 2. The summed E-state index contributed by atoms with van der Waals surface area (Å²) in [6.45, 7) is 1.58. The molecule has 0 bridgehead atoms. The van der Waals surface area contributed by atoms with Gasteiger partial charge in [0.05, 0.1) is 23.4 Å². The molecule has 2 aromatic rings. The summed E-state index contributed by atoms with van der Waals surface area (Å²) in [6, 6.07) is 1.47. The molecule has 1 aromatic heterocycles. The van der Waals surface area contributed by atoms with Crippen LogP contribution >= 0.6 is 0 Å². The molecule has 0 saturated heterocycles. The second-order valence-electron chi connectivity index (χ2n) is 5.46. The summed E-state index contributed by atoms with van der Waals surface area (Å²) in [6.07, 6.45) is 0.347. The van der Waals surface area contributed by atoms with Gasteiger partial charge in [0, 0.05) is 18.2 Å². The van der Waals surface area contributed by atoms with Crippen LogP contribution in [0.1, 0.15) is 31.1 Å². The predicted octanol–water partition coefficient (Wildman–Crippen LogP) is 1.29. The molecule has 0 radical (unpaired) electrons. The molecule has 2 N–H and O–H groups in total. The van der Waals surface area contributed by atoms with E-state index in [4.69, 9.17) is 5.73 Å². The Bertz CT molecular complexity index is 872. The molecule has 0 aliphatic heterocycles. The third-order valence-electron chi connectivity index (χ3n) is 3.93. The number of fused-ring (bicyclic) bond motifs is 1. The van der Waals surface area contributed by atoms with Crippen LogP contribution in [-0.4, -0.2) is 21.1 Å². The van der Waals surface area contributed by atoms with Crippen LogP contribution in [0.25, 0.3) is 10.9 Å². The highest BCUT2D eigenvalue weighted by molar-refractivity contribution is 6.03. The van der Waals surface area contributed by atoms with E-state index in [0.717, 1.165) is 12.1 Å². The van der Waals surface area contributed by atoms with Crippen LogP contribution in [0.15, 0.2) is 16.9 Å². The normalized spacial score (nSPS) is 18.9. The second kappa shape index (κ2) is 5.01. The number of rotatable bonds is 1. The Morgan fingerprint density at radius 2 is 2.05 bits per heavy atom. The number of carbonyl (C=O) groups excluding carboxylic acids is 2. The zero-order valence-corrected chi connectivity index (χ0v) is 11.9.